The predicted octanol–water partition coefficient (Wildman–Crippen LogP) is 4.32. The van der Waals surface area contributed by atoms with Crippen molar-refractivity contribution < 1.29 is 14.4 Å². The third-order valence-electron chi connectivity index (χ3n) is 5.70. The first-order valence-electron chi connectivity index (χ1n) is 10.8. The molecule has 0 saturated carbocycles. The first-order valence-corrected chi connectivity index (χ1v) is 10.8. The number of amides is 3. The summed E-state index contributed by atoms with van der Waals surface area (Å²) >= 11 is 0. The van der Waals surface area contributed by atoms with Gasteiger partial charge in [-0.2, -0.15) is 0 Å². The molecule has 0 atom stereocenters. The van der Waals surface area contributed by atoms with Gasteiger partial charge in [-0.15, -0.1) is 0 Å². The van der Waals surface area contributed by atoms with E-state index in [0.29, 0.717) is 23.2 Å². The fourth-order valence-electron chi connectivity index (χ4n) is 4.06. The smallest absolute Gasteiger partial charge is 0.261 e. The summed E-state index contributed by atoms with van der Waals surface area (Å²) < 4.78 is 1.98. The number of imide groups is 1. The number of anilines is 1. The molecule has 2 aromatic carbocycles. The number of nitrogens with one attached hydrogen (secondary N) is 1. The lowest BCUT2D eigenvalue weighted by Crippen LogP contribution is -2.31. The Morgan fingerprint density at radius 3 is 2.45 bits per heavy atom. The lowest BCUT2D eigenvalue weighted by molar-refractivity contribution is -0.116. The number of aromatic nitrogens is 2. The fraction of sp³-hybridized carbons (Fsp3) is 0.154. The van der Waals surface area contributed by atoms with Gasteiger partial charge in [0, 0.05) is 36.6 Å². The van der Waals surface area contributed by atoms with Crippen LogP contribution in [0.5, 0.6) is 0 Å². The molecule has 3 heterocycles. The number of rotatable bonds is 6. The van der Waals surface area contributed by atoms with Gasteiger partial charge in [-0.05, 0) is 49.2 Å². The number of benzene rings is 2. The Bertz CT molecular complexity index is 1370. The number of carbonyl (C=O) groups is 3. The van der Waals surface area contributed by atoms with Crippen LogP contribution in [0.4, 0.5) is 5.69 Å². The summed E-state index contributed by atoms with van der Waals surface area (Å²) in [4.78, 5) is 43.2. The lowest BCUT2D eigenvalue weighted by atomic mass is 10.1. The van der Waals surface area contributed by atoms with Crippen LogP contribution in [0, 0.1) is 6.92 Å². The van der Waals surface area contributed by atoms with Crippen molar-refractivity contribution in [2.45, 2.75) is 19.8 Å². The highest BCUT2D eigenvalue weighted by atomic mass is 16.2. The number of pyridine rings is 1. The molecule has 1 aliphatic rings. The molecular formula is C26H22N4O3. The minimum atomic E-state index is -0.300. The Balaban J connectivity index is 1.20. The molecule has 0 spiro atoms. The summed E-state index contributed by atoms with van der Waals surface area (Å²) in [5.74, 6) is -0.771. The summed E-state index contributed by atoms with van der Waals surface area (Å²) in [7, 11) is 0. The van der Waals surface area contributed by atoms with E-state index in [9.17, 15) is 14.4 Å². The molecule has 164 valence electrons. The van der Waals surface area contributed by atoms with E-state index in [1.54, 1.807) is 24.3 Å². The number of aryl methyl sites for hydroxylation is 1. The van der Waals surface area contributed by atoms with E-state index in [-0.39, 0.29) is 30.7 Å². The first-order chi connectivity index (χ1) is 16.0. The molecule has 33 heavy (non-hydrogen) atoms. The van der Waals surface area contributed by atoms with Crippen molar-refractivity contribution in [2.24, 2.45) is 0 Å². The van der Waals surface area contributed by atoms with Crippen molar-refractivity contribution in [1.82, 2.24) is 14.3 Å². The minimum absolute atomic E-state index is 0.172. The SMILES string of the molecule is Cc1ccc2nc(-c3cccc(NC(=O)CCCN4C(=O)c5ccccc5C4=O)c3)cn2c1. The number of hydrogen-bond donors (Lipinski definition) is 1. The van der Waals surface area contributed by atoms with E-state index in [4.69, 9.17) is 0 Å². The molecule has 0 saturated heterocycles. The summed E-state index contributed by atoms with van der Waals surface area (Å²) in [5.41, 5.74) is 5.25. The average Bonchev–Trinajstić information content (AvgIpc) is 3.34. The van der Waals surface area contributed by atoms with Crippen LogP contribution in [0.3, 0.4) is 0 Å². The Kier molecular flexibility index (Phi) is 5.22. The van der Waals surface area contributed by atoms with Crippen molar-refractivity contribution in [2.75, 3.05) is 11.9 Å². The van der Waals surface area contributed by atoms with Gasteiger partial charge in [-0.25, -0.2) is 4.98 Å². The van der Waals surface area contributed by atoms with Crippen LogP contribution in [0.25, 0.3) is 16.9 Å². The van der Waals surface area contributed by atoms with Gasteiger partial charge in [-0.3, -0.25) is 19.3 Å². The molecule has 0 aliphatic carbocycles. The van der Waals surface area contributed by atoms with Gasteiger partial charge in [-0.1, -0.05) is 30.3 Å². The van der Waals surface area contributed by atoms with Gasteiger partial charge >= 0.3 is 0 Å². The van der Waals surface area contributed by atoms with Crippen LogP contribution in [0.2, 0.25) is 0 Å². The monoisotopic (exact) mass is 438 g/mol. The second kappa shape index (κ2) is 8.35. The number of fused-ring (bicyclic) bond motifs is 2. The Labute approximate surface area is 190 Å². The molecule has 0 radical (unpaired) electrons. The summed E-state index contributed by atoms with van der Waals surface area (Å²) in [5, 5.41) is 2.90. The van der Waals surface area contributed by atoms with Gasteiger partial charge in [0.05, 0.1) is 16.8 Å². The van der Waals surface area contributed by atoms with Crippen LogP contribution >= 0.6 is 0 Å². The van der Waals surface area contributed by atoms with Crippen LogP contribution in [0.15, 0.2) is 73.1 Å². The van der Waals surface area contributed by atoms with E-state index in [1.807, 2.05) is 60.1 Å². The zero-order chi connectivity index (χ0) is 22.9. The van der Waals surface area contributed by atoms with Gasteiger partial charge in [0.15, 0.2) is 0 Å². The molecule has 7 heteroatoms. The zero-order valence-electron chi connectivity index (χ0n) is 18.1. The maximum atomic E-state index is 12.5. The fourth-order valence-corrected chi connectivity index (χ4v) is 4.06. The second-order valence-electron chi connectivity index (χ2n) is 8.14. The molecular weight excluding hydrogens is 416 g/mol. The molecule has 5 rings (SSSR count). The zero-order valence-corrected chi connectivity index (χ0v) is 18.1. The molecule has 1 N–H and O–H groups in total. The number of carbonyl (C=O) groups excluding carboxylic acids is 3. The highest BCUT2D eigenvalue weighted by Crippen LogP contribution is 2.24. The Morgan fingerprint density at radius 1 is 0.939 bits per heavy atom. The number of nitrogens with zero attached hydrogens (tertiary/aromatic N) is 3. The first kappa shape index (κ1) is 20.6. The maximum Gasteiger partial charge on any atom is 0.261 e. The number of imidazole rings is 1. The van der Waals surface area contributed by atoms with Gasteiger partial charge in [0.25, 0.3) is 11.8 Å². The van der Waals surface area contributed by atoms with E-state index < -0.39 is 0 Å². The molecule has 3 amide bonds. The van der Waals surface area contributed by atoms with Gasteiger partial charge in [0.1, 0.15) is 5.65 Å². The van der Waals surface area contributed by atoms with Crippen molar-refractivity contribution in [3.63, 3.8) is 0 Å². The summed E-state index contributed by atoms with van der Waals surface area (Å²) in [6, 6.07) is 18.3. The largest absolute Gasteiger partial charge is 0.326 e. The van der Waals surface area contributed by atoms with Crippen molar-refractivity contribution in [1.29, 1.82) is 0 Å². The third-order valence-corrected chi connectivity index (χ3v) is 5.70. The van der Waals surface area contributed by atoms with E-state index in [2.05, 4.69) is 10.3 Å². The van der Waals surface area contributed by atoms with Crippen molar-refractivity contribution >= 4 is 29.1 Å². The van der Waals surface area contributed by atoms with Crippen molar-refractivity contribution in [3.05, 3.63) is 89.7 Å². The van der Waals surface area contributed by atoms with E-state index >= 15 is 0 Å². The Hall–Kier alpha value is -4.26. The van der Waals surface area contributed by atoms with Crippen LogP contribution in [-0.2, 0) is 4.79 Å². The molecule has 4 aromatic rings. The second-order valence-corrected chi connectivity index (χ2v) is 8.14. The van der Waals surface area contributed by atoms with Gasteiger partial charge < -0.3 is 9.72 Å². The lowest BCUT2D eigenvalue weighted by Gasteiger charge is -2.13. The minimum Gasteiger partial charge on any atom is -0.326 e. The topological polar surface area (TPSA) is 83.8 Å². The molecule has 1 aliphatic heterocycles. The maximum absolute atomic E-state index is 12.5. The third kappa shape index (κ3) is 4.01. The Morgan fingerprint density at radius 2 is 1.70 bits per heavy atom. The highest BCUT2D eigenvalue weighted by Gasteiger charge is 2.34. The normalized spacial score (nSPS) is 12.9. The van der Waals surface area contributed by atoms with E-state index in [0.717, 1.165) is 22.5 Å². The molecule has 2 aromatic heterocycles. The standard InChI is InChI=1S/C26H22N4O3/c1-17-11-12-23-28-22(16-29(23)15-17)18-6-4-7-19(14-18)27-24(31)10-5-13-30-25(32)20-8-2-3-9-21(20)26(30)33/h2-4,6-9,11-12,14-16H,5,10,13H2,1H3,(H,27,31). The average molecular weight is 438 g/mol. The summed E-state index contributed by atoms with van der Waals surface area (Å²) in [6.07, 6.45) is 4.57. The predicted molar refractivity (Wildman–Crippen MR) is 125 cm³/mol. The van der Waals surface area contributed by atoms with E-state index in [1.165, 1.54) is 4.90 Å². The van der Waals surface area contributed by atoms with Crippen LogP contribution in [-0.4, -0.2) is 38.6 Å². The van der Waals surface area contributed by atoms with Crippen LogP contribution in [0.1, 0.15) is 39.1 Å². The quantitative estimate of drug-likeness (QED) is 0.454. The van der Waals surface area contributed by atoms with Crippen LogP contribution < -0.4 is 5.32 Å². The van der Waals surface area contributed by atoms with Crippen molar-refractivity contribution in [3.8, 4) is 11.3 Å². The molecule has 0 fully saturated rings. The van der Waals surface area contributed by atoms with Gasteiger partial charge in [0.2, 0.25) is 5.91 Å². The summed E-state index contributed by atoms with van der Waals surface area (Å²) in [6.45, 7) is 2.24. The molecule has 0 unspecified atom stereocenters. The highest BCUT2D eigenvalue weighted by molar-refractivity contribution is 6.21. The molecule has 7 nitrogen and oxygen atoms in total. The molecule has 0 bridgehead atoms. The number of hydrogen-bond acceptors (Lipinski definition) is 4.